The van der Waals surface area contributed by atoms with Gasteiger partial charge in [0.25, 0.3) is 0 Å². The van der Waals surface area contributed by atoms with E-state index in [1.165, 1.54) is 5.56 Å². The molecule has 2 rings (SSSR count). The first-order chi connectivity index (χ1) is 8.91. The number of ether oxygens (including phenoxy) is 2. The molecular weight excluding hydrogens is 250 g/mol. The number of benzene rings is 1. The van der Waals surface area contributed by atoms with Gasteiger partial charge in [0.15, 0.2) is 11.5 Å². The molecule has 0 heterocycles. The Balaban J connectivity index is 1.96. The topological polar surface area (TPSA) is 18.5 Å². The summed E-state index contributed by atoms with van der Waals surface area (Å²) in [5.74, 6) is -0.836. The molecule has 0 spiro atoms. The Labute approximate surface area is 112 Å². The average molecular weight is 270 g/mol. The second-order valence-electron chi connectivity index (χ2n) is 5.51. The van der Waals surface area contributed by atoms with E-state index >= 15 is 0 Å². The zero-order chi connectivity index (χ0) is 14.0. The predicted octanol–water partition coefficient (Wildman–Crippen LogP) is 4.24. The Morgan fingerprint density at radius 1 is 1.26 bits per heavy atom. The van der Waals surface area contributed by atoms with Crippen molar-refractivity contribution in [2.24, 2.45) is 5.92 Å². The molecular formula is C15H20F2O2. The minimum absolute atomic E-state index is 0.0514. The van der Waals surface area contributed by atoms with Gasteiger partial charge in [-0.3, -0.25) is 0 Å². The highest BCUT2D eigenvalue weighted by Crippen LogP contribution is 2.43. The highest BCUT2D eigenvalue weighted by atomic mass is 19.3. The van der Waals surface area contributed by atoms with Crippen LogP contribution in [0.4, 0.5) is 8.78 Å². The van der Waals surface area contributed by atoms with E-state index in [2.05, 4.69) is 13.8 Å². The summed E-state index contributed by atoms with van der Waals surface area (Å²) < 4.78 is 36.3. The van der Waals surface area contributed by atoms with Gasteiger partial charge in [-0.1, -0.05) is 19.9 Å². The molecule has 0 aromatic heterocycles. The Kier molecular flexibility index (Phi) is 3.97. The molecule has 19 heavy (non-hydrogen) atoms. The summed E-state index contributed by atoms with van der Waals surface area (Å²) >= 11 is 0. The van der Waals surface area contributed by atoms with Crippen LogP contribution in [0, 0.1) is 5.92 Å². The van der Waals surface area contributed by atoms with Gasteiger partial charge in [0.05, 0.1) is 13.7 Å². The molecule has 1 aromatic carbocycles. The van der Waals surface area contributed by atoms with Crippen molar-refractivity contribution >= 4 is 0 Å². The molecule has 0 aliphatic heterocycles. The molecule has 2 nitrogen and oxygen atoms in total. The Morgan fingerprint density at radius 2 is 1.95 bits per heavy atom. The van der Waals surface area contributed by atoms with Crippen LogP contribution in [0.5, 0.6) is 11.5 Å². The fraction of sp³-hybridized carbons (Fsp3) is 0.600. The Bertz CT molecular complexity index is 436. The molecule has 1 aliphatic carbocycles. The van der Waals surface area contributed by atoms with Crippen molar-refractivity contribution < 1.29 is 18.3 Å². The lowest BCUT2D eigenvalue weighted by atomic mass is 9.82. The number of hydrogen-bond acceptors (Lipinski definition) is 2. The van der Waals surface area contributed by atoms with Crippen molar-refractivity contribution in [3.05, 3.63) is 23.8 Å². The first-order valence-corrected chi connectivity index (χ1v) is 6.60. The maximum atomic E-state index is 12.7. The minimum Gasteiger partial charge on any atom is -0.493 e. The molecule has 0 N–H and O–H groups in total. The fourth-order valence-electron chi connectivity index (χ4n) is 2.27. The van der Waals surface area contributed by atoms with E-state index in [0.717, 1.165) is 0 Å². The van der Waals surface area contributed by atoms with Crippen molar-refractivity contribution in [1.29, 1.82) is 0 Å². The Hall–Kier alpha value is -1.32. The van der Waals surface area contributed by atoms with Crippen LogP contribution in [0.15, 0.2) is 18.2 Å². The third-order valence-corrected chi connectivity index (χ3v) is 3.50. The maximum Gasteiger partial charge on any atom is 0.248 e. The van der Waals surface area contributed by atoms with Gasteiger partial charge in [0, 0.05) is 18.8 Å². The van der Waals surface area contributed by atoms with Crippen LogP contribution < -0.4 is 9.47 Å². The quantitative estimate of drug-likeness (QED) is 0.796. The molecule has 4 heteroatoms. The number of methoxy groups -OCH3 is 1. The summed E-state index contributed by atoms with van der Waals surface area (Å²) in [5, 5.41) is 0. The highest BCUT2D eigenvalue weighted by molar-refractivity contribution is 5.43. The van der Waals surface area contributed by atoms with Crippen molar-refractivity contribution in [3.8, 4) is 11.5 Å². The van der Waals surface area contributed by atoms with E-state index in [1.807, 2.05) is 18.2 Å². The second kappa shape index (κ2) is 5.35. The lowest BCUT2D eigenvalue weighted by Gasteiger charge is -2.34. The minimum atomic E-state index is -2.49. The number of hydrogen-bond donors (Lipinski definition) is 0. The fourth-order valence-corrected chi connectivity index (χ4v) is 2.27. The molecule has 0 radical (unpaired) electrons. The SMILES string of the molecule is COc1cc(C(C)C)ccc1OCC1CC(F)(F)C1. The summed E-state index contributed by atoms with van der Waals surface area (Å²) in [7, 11) is 1.59. The molecule has 0 saturated heterocycles. The lowest BCUT2D eigenvalue weighted by molar-refractivity contribution is -0.119. The molecule has 0 bridgehead atoms. The van der Waals surface area contributed by atoms with Crippen LogP contribution in [0.3, 0.4) is 0 Å². The van der Waals surface area contributed by atoms with Crippen LogP contribution in [-0.4, -0.2) is 19.6 Å². The molecule has 1 aromatic rings. The molecule has 0 unspecified atom stereocenters. The molecule has 1 fully saturated rings. The third kappa shape index (κ3) is 3.37. The zero-order valence-electron chi connectivity index (χ0n) is 11.6. The van der Waals surface area contributed by atoms with Gasteiger partial charge < -0.3 is 9.47 Å². The average Bonchev–Trinajstić information content (AvgIpc) is 2.33. The van der Waals surface area contributed by atoms with E-state index in [9.17, 15) is 8.78 Å². The van der Waals surface area contributed by atoms with Crippen LogP contribution in [0.1, 0.15) is 38.2 Å². The van der Waals surface area contributed by atoms with Crippen molar-refractivity contribution in [3.63, 3.8) is 0 Å². The van der Waals surface area contributed by atoms with Crippen LogP contribution in [-0.2, 0) is 0 Å². The monoisotopic (exact) mass is 270 g/mol. The molecule has 1 aliphatic rings. The van der Waals surface area contributed by atoms with E-state index in [0.29, 0.717) is 24.0 Å². The summed E-state index contributed by atoms with van der Waals surface area (Å²) in [5.41, 5.74) is 1.17. The first-order valence-electron chi connectivity index (χ1n) is 6.60. The Morgan fingerprint density at radius 3 is 2.47 bits per heavy atom. The summed E-state index contributed by atoms with van der Waals surface area (Å²) in [4.78, 5) is 0. The highest BCUT2D eigenvalue weighted by Gasteiger charge is 2.45. The smallest absolute Gasteiger partial charge is 0.248 e. The van der Waals surface area contributed by atoms with Crippen molar-refractivity contribution in [2.75, 3.05) is 13.7 Å². The standard InChI is InChI=1S/C15H20F2O2/c1-10(2)12-4-5-13(14(6-12)18-3)19-9-11-7-15(16,17)8-11/h4-6,10-11H,7-9H2,1-3H3. The predicted molar refractivity (Wildman–Crippen MR) is 70.2 cm³/mol. The van der Waals surface area contributed by atoms with E-state index < -0.39 is 5.92 Å². The van der Waals surface area contributed by atoms with Crippen LogP contribution in [0.2, 0.25) is 0 Å². The maximum absolute atomic E-state index is 12.7. The van der Waals surface area contributed by atoms with E-state index in [4.69, 9.17) is 9.47 Å². The van der Waals surface area contributed by atoms with E-state index in [1.54, 1.807) is 7.11 Å². The van der Waals surface area contributed by atoms with Gasteiger partial charge in [0.1, 0.15) is 0 Å². The molecule has 0 atom stereocenters. The second-order valence-corrected chi connectivity index (χ2v) is 5.51. The number of halogens is 2. The van der Waals surface area contributed by atoms with Crippen molar-refractivity contribution in [2.45, 2.75) is 38.5 Å². The largest absolute Gasteiger partial charge is 0.493 e. The van der Waals surface area contributed by atoms with Gasteiger partial charge in [-0.05, 0) is 23.6 Å². The van der Waals surface area contributed by atoms with Gasteiger partial charge in [-0.2, -0.15) is 0 Å². The van der Waals surface area contributed by atoms with E-state index in [-0.39, 0.29) is 18.8 Å². The van der Waals surface area contributed by atoms with Crippen molar-refractivity contribution in [1.82, 2.24) is 0 Å². The summed E-state index contributed by atoms with van der Waals surface area (Å²) in [6, 6.07) is 5.78. The van der Waals surface area contributed by atoms with Gasteiger partial charge in [0.2, 0.25) is 5.92 Å². The lowest BCUT2D eigenvalue weighted by Crippen LogP contribution is -2.38. The first kappa shape index (κ1) is 14.1. The summed E-state index contributed by atoms with van der Waals surface area (Å²) in [6.45, 7) is 4.53. The van der Waals surface area contributed by atoms with Crippen LogP contribution >= 0.6 is 0 Å². The van der Waals surface area contributed by atoms with Gasteiger partial charge >= 0.3 is 0 Å². The summed E-state index contributed by atoms with van der Waals surface area (Å²) in [6.07, 6.45) is -0.140. The van der Waals surface area contributed by atoms with Gasteiger partial charge in [-0.15, -0.1) is 0 Å². The third-order valence-electron chi connectivity index (χ3n) is 3.50. The van der Waals surface area contributed by atoms with Crippen LogP contribution in [0.25, 0.3) is 0 Å². The normalized spacial score (nSPS) is 18.2. The molecule has 1 saturated carbocycles. The molecule has 0 amide bonds. The zero-order valence-corrected chi connectivity index (χ0v) is 11.6. The molecule has 106 valence electrons. The number of alkyl halides is 2. The number of rotatable bonds is 5. The van der Waals surface area contributed by atoms with Gasteiger partial charge in [-0.25, -0.2) is 8.78 Å².